The molecule has 0 atom stereocenters. The summed E-state index contributed by atoms with van der Waals surface area (Å²) in [5.41, 5.74) is 1.34. The first kappa shape index (κ1) is 12.4. The van der Waals surface area contributed by atoms with Crippen LogP contribution in [0.1, 0.15) is 12.5 Å². The Hall–Kier alpha value is -1.06. The van der Waals surface area contributed by atoms with E-state index >= 15 is 0 Å². The third-order valence-corrected chi connectivity index (χ3v) is 3.80. The second-order valence-electron chi connectivity index (χ2n) is 4.84. The molecule has 17 heavy (non-hydrogen) atoms. The van der Waals surface area contributed by atoms with Gasteiger partial charge in [0.05, 0.1) is 13.7 Å². The Morgan fingerprint density at radius 1 is 1.06 bits per heavy atom. The summed E-state index contributed by atoms with van der Waals surface area (Å²) in [6.45, 7) is 9.81. The highest BCUT2D eigenvalue weighted by Gasteiger charge is 2.22. The van der Waals surface area contributed by atoms with Gasteiger partial charge in [-0.3, -0.25) is 0 Å². The van der Waals surface area contributed by atoms with Crippen LogP contribution in [0.15, 0.2) is 24.3 Å². The highest BCUT2D eigenvalue weighted by molar-refractivity contribution is 5.32. The number of piperazine rings is 1. The van der Waals surface area contributed by atoms with E-state index < -0.39 is 0 Å². The van der Waals surface area contributed by atoms with Crippen LogP contribution in [0.4, 0.5) is 0 Å². The highest BCUT2D eigenvalue weighted by atomic mass is 16.5. The number of hydrogen-bond donors (Lipinski definition) is 2. The Morgan fingerprint density at radius 2 is 1.71 bits per heavy atom. The van der Waals surface area contributed by atoms with Gasteiger partial charge in [0.2, 0.25) is 0 Å². The van der Waals surface area contributed by atoms with Gasteiger partial charge in [-0.15, -0.1) is 0 Å². The Kier molecular flexibility index (Phi) is 4.40. The van der Waals surface area contributed by atoms with Gasteiger partial charge in [0, 0.05) is 5.56 Å². The molecule has 1 saturated heterocycles. The average molecular weight is 236 g/mol. The summed E-state index contributed by atoms with van der Waals surface area (Å²) in [5.74, 6) is 1.03. The van der Waals surface area contributed by atoms with E-state index in [4.69, 9.17) is 4.74 Å². The maximum atomic E-state index is 5.41. The lowest BCUT2D eigenvalue weighted by atomic mass is 10.1. The van der Waals surface area contributed by atoms with Crippen LogP contribution >= 0.6 is 0 Å². The van der Waals surface area contributed by atoms with Crippen molar-refractivity contribution in [3.8, 4) is 5.75 Å². The number of rotatable bonds is 4. The molecule has 3 nitrogen and oxygen atoms in total. The molecule has 1 aromatic carbocycles. The summed E-state index contributed by atoms with van der Waals surface area (Å²) in [6.07, 6.45) is 0. The Labute approximate surface area is 104 Å². The van der Waals surface area contributed by atoms with Crippen LogP contribution < -0.4 is 14.5 Å². The number of ether oxygens (including phenoxy) is 1. The molecule has 0 aliphatic carbocycles. The van der Waals surface area contributed by atoms with Gasteiger partial charge < -0.3 is 14.5 Å². The standard InChI is InChI=1S/C14H22N2O/c1-3-15-8-10-16(11-9-15)12-13-6-4-5-7-14(13)17-2/h4-7H,3,8-12H2,1-2H3/p+2. The van der Waals surface area contributed by atoms with Crippen LogP contribution in [0.5, 0.6) is 5.75 Å². The molecule has 0 spiro atoms. The molecule has 0 radical (unpaired) electrons. The topological polar surface area (TPSA) is 18.1 Å². The molecule has 1 aliphatic rings. The van der Waals surface area contributed by atoms with Gasteiger partial charge in [-0.25, -0.2) is 0 Å². The lowest BCUT2D eigenvalue weighted by molar-refractivity contribution is -1.02. The van der Waals surface area contributed by atoms with Crippen molar-refractivity contribution in [1.29, 1.82) is 0 Å². The number of benzene rings is 1. The molecule has 0 bridgehead atoms. The first-order chi connectivity index (χ1) is 8.33. The average Bonchev–Trinajstić information content (AvgIpc) is 2.40. The first-order valence-corrected chi connectivity index (χ1v) is 6.62. The summed E-state index contributed by atoms with van der Waals surface area (Å²) in [4.78, 5) is 3.43. The number of methoxy groups -OCH3 is 1. The summed E-state index contributed by atoms with van der Waals surface area (Å²) in [7, 11) is 1.76. The largest absolute Gasteiger partial charge is 0.496 e. The fourth-order valence-electron chi connectivity index (χ4n) is 2.61. The quantitative estimate of drug-likeness (QED) is 0.686. The molecule has 1 aromatic rings. The number of hydrogen-bond acceptors (Lipinski definition) is 1. The fraction of sp³-hybridized carbons (Fsp3) is 0.571. The van der Waals surface area contributed by atoms with Crippen LogP contribution in [0.25, 0.3) is 0 Å². The lowest BCUT2D eigenvalue weighted by Gasteiger charge is -2.29. The SMILES string of the molecule is CC[NH+]1CC[NH+](Cc2ccccc2OC)CC1. The van der Waals surface area contributed by atoms with Gasteiger partial charge in [0.25, 0.3) is 0 Å². The third-order valence-electron chi connectivity index (χ3n) is 3.80. The zero-order chi connectivity index (χ0) is 12.1. The van der Waals surface area contributed by atoms with Crippen LogP contribution in [-0.2, 0) is 6.54 Å². The maximum Gasteiger partial charge on any atom is 0.127 e. The predicted octanol–water partition coefficient (Wildman–Crippen LogP) is -1.00. The second-order valence-corrected chi connectivity index (χ2v) is 4.84. The molecule has 2 N–H and O–H groups in total. The molecule has 0 unspecified atom stereocenters. The third kappa shape index (κ3) is 3.20. The molecule has 1 fully saturated rings. The molecule has 0 amide bonds. The number of para-hydroxylation sites is 1. The van der Waals surface area contributed by atoms with Gasteiger partial charge in [-0.05, 0) is 19.1 Å². The number of likely N-dealkylation sites (N-methyl/N-ethyl adjacent to an activating group) is 1. The van der Waals surface area contributed by atoms with E-state index in [1.165, 1.54) is 38.3 Å². The Bertz CT molecular complexity index is 346. The van der Waals surface area contributed by atoms with Crippen LogP contribution in [0.3, 0.4) is 0 Å². The summed E-state index contributed by atoms with van der Waals surface area (Å²) in [5, 5.41) is 0. The fourth-order valence-corrected chi connectivity index (χ4v) is 2.61. The second kappa shape index (κ2) is 6.03. The first-order valence-electron chi connectivity index (χ1n) is 6.62. The van der Waals surface area contributed by atoms with Crippen molar-refractivity contribution in [2.45, 2.75) is 13.5 Å². The Morgan fingerprint density at radius 3 is 2.35 bits per heavy atom. The van der Waals surface area contributed by atoms with Crippen LogP contribution in [0, 0.1) is 0 Å². The van der Waals surface area contributed by atoms with Gasteiger partial charge in [-0.2, -0.15) is 0 Å². The highest BCUT2D eigenvalue weighted by Crippen LogP contribution is 2.15. The van der Waals surface area contributed by atoms with Crippen molar-refractivity contribution < 1.29 is 14.5 Å². The van der Waals surface area contributed by atoms with Crippen molar-refractivity contribution in [3.05, 3.63) is 29.8 Å². The van der Waals surface area contributed by atoms with E-state index in [1.807, 2.05) is 6.07 Å². The lowest BCUT2D eigenvalue weighted by Crippen LogP contribution is -3.27. The van der Waals surface area contributed by atoms with Crippen molar-refractivity contribution in [3.63, 3.8) is 0 Å². The smallest absolute Gasteiger partial charge is 0.127 e. The molecule has 0 saturated carbocycles. The monoisotopic (exact) mass is 236 g/mol. The molecular weight excluding hydrogens is 212 g/mol. The van der Waals surface area contributed by atoms with E-state index in [0.717, 1.165) is 12.3 Å². The normalized spacial score (nSPS) is 24.6. The van der Waals surface area contributed by atoms with Crippen molar-refractivity contribution in [2.24, 2.45) is 0 Å². The molecular formula is C14H24N2O+2. The Balaban J connectivity index is 1.93. The zero-order valence-electron chi connectivity index (χ0n) is 11.0. The summed E-state index contributed by atoms with van der Waals surface area (Å²) in [6, 6.07) is 8.38. The van der Waals surface area contributed by atoms with Crippen molar-refractivity contribution in [1.82, 2.24) is 0 Å². The minimum atomic E-state index is 1.03. The maximum absolute atomic E-state index is 5.41. The van der Waals surface area contributed by atoms with E-state index in [-0.39, 0.29) is 0 Å². The van der Waals surface area contributed by atoms with Gasteiger partial charge in [-0.1, -0.05) is 12.1 Å². The van der Waals surface area contributed by atoms with E-state index in [9.17, 15) is 0 Å². The zero-order valence-corrected chi connectivity index (χ0v) is 11.0. The molecule has 1 heterocycles. The van der Waals surface area contributed by atoms with Crippen LogP contribution in [-0.4, -0.2) is 39.8 Å². The minimum Gasteiger partial charge on any atom is -0.496 e. The molecule has 2 rings (SSSR count). The van der Waals surface area contributed by atoms with Crippen LogP contribution in [0.2, 0.25) is 0 Å². The van der Waals surface area contributed by atoms with Gasteiger partial charge in [0.15, 0.2) is 0 Å². The number of quaternary nitrogens is 2. The molecule has 94 valence electrons. The predicted molar refractivity (Wildman–Crippen MR) is 68.6 cm³/mol. The molecule has 0 aromatic heterocycles. The van der Waals surface area contributed by atoms with E-state index in [2.05, 4.69) is 25.1 Å². The molecule has 1 aliphatic heterocycles. The van der Waals surface area contributed by atoms with Gasteiger partial charge >= 0.3 is 0 Å². The van der Waals surface area contributed by atoms with E-state index in [0.29, 0.717) is 0 Å². The van der Waals surface area contributed by atoms with Gasteiger partial charge in [0.1, 0.15) is 38.5 Å². The van der Waals surface area contributed by atoms with Crippen molar-refractivity contribution in [2.75, 3.05) is 39.8 Å². The minimum absolute atomic E-state index is 1.03. The summed E-state index contributed by atoms with van der Waals surface area (Å²) >= 11 is 0. The molecule has 3 heteroatoms. The number of nitrogens with one attached hydrogen (secondary N) is 2. The van der Waals surface area contributed by atoms with E-state index in [1.54, 1.807) is 16.9 Å². The van der Waals surface area contributed by atoms with Crippen molar-refractivity contribution >= 4 is 0 Å². The summed E-state index contributed by atoms with van der Waals surface area (Å²) < 4.78 is 5.41.